The van der Waals surface area contributed by atoms with Gasteiger partial charge < -0.3 is 15.1 Å². The van der Waals surface area contributed by atoms with Crippen molar-refractivity contribution in [1.82, 2.24) is 5.32 Å². The second-order valence-corrected chi connectivity index (χ2v) is 9.19. The van der Waals surface area contributed by atoms with E-state index in [0.29, 0.717) is 23.6 Å². The summed E-state index contributed by atoms with van der Waals surface area (Å²) in [5.74, 6) is 0.0673. The topological polar surface area (TPSA) is 52.7 Å². The molecule has 4 rings (SSSR count). The van der Waals surface area contributed by atoms with E-state index in [1.807, 2.05) is 61.2 Å². The van der Waals surface area contributed by atoms with Gasteiger partial charge in [-0.3, -0.25) is 9.59 Å². The van der Waals surface area contributed by atoms with Crippen LogP contribution in [0.3, 0.4) is 0 Å². The minimum atomic E-state index is -0.0875. The number of para-hydroxylation sites is 1. The molecule has 0 saturated carbocycles. The first-order valence-electron chi connectivity index (χ1n) is 11.2. The molecule has 1 atom stereocenters. The number of halogens is 1. The predicted molar refractivity (Wildman–Crippen MR) is 126 cm³/mol. The maximum absolute atomic E-state index is 13.4. The Morgan fingerprint density at radius 2 is 1.84 bits per heavy atom. The van der Waals surface area contributed by atoms with Crippen LogP contribution in [0.4, 0.5) is 11.4 Å². The van der Waals surface area contributed by atoms with Crippen molar-refractivity contribution in [3.63, 3.8) is 0 Å². The highest BCUT2D eigenvalue weighted by atomic mass is 35.5. The Balaban J connectivity index is 1.56. The molecule has 2 aliphatic heterocycles. The fraction of sp³-hybridized carbons (Fsp3) is 0.440. The van der Waals surface area contributed by atoms with Gasteiger partial charge in [-0.1, -0.05) is 29.8 Å². The maximum atomic E-state index is 13.4. The van der Waals surface area contributed by atoms with Crippen molar-refractivity contribution in [2.45, 2.75) is 51.5 Å². The number of nitrogens with zero attached hydrogens (tertiary/aromatic N) is 2. The smallest absolute Gasteiger partial charge is 0.259 e. The average molecular weight is 440 g/mol. The molecule has 1 fully saturated rings. The number of amides is 2. The van der Waals surface area contributed by atoms with E-state index >= 15 is 0 Å². The number of nitrogens with one attached hydrogen (secondary N) is 1. The van der Waals surface area contributed by atoms with Crippen LogP contribution >= 0.6 is 11.6 Å². The summed E-state index contributed by atoms with van der Waals surface area (Å²) in [4.78, 5) is 29.9. The molecular formula is C25H30ClN3O2. The molecule has 5 nitrogen and oxygen atoms in total. The van der Waals surface area contributed by atoms with Crippen molar-refractivity contribution in [2.24, 2.45) is 0 Å². The van der Waals surface area contributed by atoms with E-state index in [-0.39, 0.29) is 23.8 Å². The van der Waals surface area contributed by atoms with Crippen LogP contribution in [0, 0.1) is 0 Å². The lowest BCUT2D eigenvalue weighted by Crippen LogP contribution is -2.38. The minimum Gasteiger partial charge on any atom is -0.371 e. The molecule has 2 heterocycles. The van der Waals surface area contributed by atoms with E-state index in [0.717, 1.165) is 36.4 Å². The number of benzene rings is 2. The summed E-state index contributed by atoms with van der Waals surface area (Å²) in [5, 5.41) is 3.47. The summed E-state index contributed by atoms with van der Waals surface area (Å²) in [6.45, 7) is 6.57. The molecular weight excluding hydrogens is 410 g/mol. The number of fused-ring (bicyclic) bond motifs is 1. The molecule has 0 aromatic heterocycles. The summed E-state index contributed by atoms with van der Waals surface area (Å²) < 4.78 is 0. The highest BCUT2D eigenvalue weighted by Gasteiger charge is 2.31. The van der Waals surface area contributed by atoms with Crippen LogP contribution in [0.2, 0.25) is 5.02 Å². The van der Waals surface area contributed by atoms with Crippen LogP contribution < -0.4 is 15.1 Å². The van der Waals surface area contributed by atoms with Gasteiger partial charge in [0, 0.05) is 43.5 Å². The zero-order chi connectivity index (χ0) is 22.0. The third-order valence-corrected chi connectivity index (χ3v) is 6.46. The molecule has 2 aromatic carbocycles. The quantitative estimate of drug-likeness (QED) is 0.714. The summed E-state index contributed by atoms with van der Waals surface area (Å²) in [6.07, 6.45) is 3.57. The number of hydrogen-bond donors (Lipinski definition) is 1. The van der Waals surface area contributed by atoms with Gasteiger partial charge in [0.15, 0.2) is 0 Å². The average Bonchev–Trinajstić information content (AvgIpc) is 3.28. The number of carbonyl (C=O) groups excluding carboxylic acids is 2. The number of carbonyl (C=O) groups is 2. The molecule has 6 heteroatoms. The fourth-order valence-electron chi connectivity index (χ4n) is 4.66. The molecule has 0 unspecified atom stereocenters. The normalized spacial score (nSPS) is 18.3. The van der Waals surface area contributed by atoms with Crippen molar-refractivity contribution in [2.75, 3.05) is 29.4 Å². The lowest BCUT2D eigenvalue weighted by molar-refractivity contribution is -0.122. The highest BCUT2D eigenvalue weighted by Crippen LogP contribution is 2.38. The zero-order valence-electron chi connectivity index (χ0n) is 18.2. The summed E-state index contributed by atoms with van der Waals surface area (Å²) in [6, 6.07) is 13.8. The predicted octanol–water partition coefficient (Wildman–Crippen LogP) is 4.99. The minimum absolute atomic E-state index is 0.0510. The number of hydrogen-bond acceptors (Lipinski definition) is 3. The van der Waals surface area contributed by atoms with Gasteiger partial charge in [-0.15, -0.1) is 0 Å². The maximum Gasteiger partial charge on any atom is 0.259 e. The first kappa shape index (κ1) is 21.7. The summed E-state index contributed by atoms with van der Waals surface area (Å²) in [7, 11) is 0. The van der Waals surface area contributed by atoms with E-state index in [1.54, 1.807) is 0 Å². The standard InChI is InChI=1S/C25H30ClN3O2/c1-17(2)27-24(30)15-18-11-14-29(23-8-4-3-7-20(18)23)25(31)21-10-9-19(16-22(21)26)28-12-5-6-13-28/h3-4,7-10,16-18H,5-6,11-15H2,1-2H3,(H,27,30)/t18-/m1/s1. The molecule has 164 valence electrons. The van der Waals surface area contributed by atoms with Crippen molar-refractivity contribution < 1.29 is 9.59 Å². The summed E-state index contributed by atoms with van der Waals surface area (Å²) in [5.41, 5.74) is 3.52. The van der Waals surface area contributed by atoms with Crippen LogP contribution in [-0.4, -0.2) is 37.5 Å². The largest absolute Gasteiger partial charge is 0.371 e. The van der Waals surface area contributed by atoms with Gasteiger partial charge in [0.2, 0.25) is 5.91 Å². The SMILES string of the molecule is CC(C)NC(=O)C[C@H]1CCN(C(=O)c2ccc(N3CCCC3)cc2Cl)c2ccccc21. The van der Waals surface area contributed by atoms with Crippen molar-refractivity contribution in [3.05, 3.63) is 58.6 Å². The van der Waals surface area contributed by atoms with E-state index in [4.69, 9.17) is 11.6 Å². The molecule has 2 aromatic rings. The van der Waals surface area contributed by atoms with Gasteiger partial charge in [0.25, 0.3) is 5.91 Å². The fourth-order valence-corrected chi connectivity index (χ4v) is 4.92. The van der Waals surface area contributed by atoms with Gasteiger partial charge in [-0.25, -0.2) is 0 Å². The van der Waals surface area contributed by atoms with Gasteiger partial charge in [-0.2, -0.15) is 0 Å². The van der Waals surface area contributed by atoms with Crippen LogP contribution in [0.25, 0.3) is 0 Å². The third kappa shape index (κ3) is 4.72. The Morgan fingerprint density at radius 3 is 2.55 bits per heavy atom. The zero-order valence-corrected chi connectivity index (χ0v) is 19.0. The Morgan fingerprint density at radius 1 is 1.10 bits per heavy atom. The third-order valence-electron chi connectivity index (χ3n) is 6.15. The first-order valence-corrected chi connectivity index (χ1v) is 11.6. The van der Waals surface area contributed by atoms with Crippen molar-refractivity contribution in [1.29, 1.82) is 0 Å². The Labute approximate surface area is 189 Å². The summed E-state index contributed by atoms with van der Waals surface area (Å²) >= 11 is 6.57. The van der Waals surface area contributed by atoms with Crippen molar-refractivity contribution in [3.8, 4) is 0 Å². The number of rotatable bonds is 5. The molecule has 0 spiro atoms. The Bertz CT molecular complexity index is 969. The second-order valence-electron chi connectivity index (χ2n) is 8.79. The van der Waals surface area contributed by atoms with E-state index in [9.17, 15) is 9.59 Å². The molecule has 31 heavy (non-hydrogen) atoms. The molecule has 2 aliphatic rings. The monoisotopic (exact) mass is 439 g/mol. The molecule has 0 aliphatic carbocycles. The molecule has 0 radical (unpaired) electrons. The van der Waals surface area contributed by atoms with Crippen LogP contribution in [0.15, 0.2) is 42.5 Å². The highest BCUT2D eigenvalue weighted by molar-refractivity contribution is 6.35. The second kappa shape index (κ2) is 9.31. The van der Waals surface area contributed by atoms with Gasteiger partial charge in [-0.05, 0) is 68.9 Å². The number of anilines is 2. The van der Waals surface area contributed by atoms with Gasteiger partial charge in [0.1, 0.15) is 0 Å². The lowest BCUT2D eigenvalue weighted by atomic mass is 9.86. The van der Waals surface area contributed by atoms with Crippen molar-refractivity contribution >= 4 is 34.8 Å². The van der Waals surface area contributed by atoms with Gasteiger partial charge in [0.05, 0.1) is 10.6 Å². The van der Waals surface area contributed by atoms with Gasteiger partial charge >= 0.3 is 0 Å². The lowest BCUT2D eigenvalue weighted by Gasteiger charge is -2.34. The van der Waals surface area contributed by atoms with Crippen LogP contribution in [0.5, 0.6) is 0 Å². The first-order chi connectivity index (χ1) is 14.9. The van der Waals surface area contributed by atoms with E-state index < -0.39 is 0 Å². The van der Waals surface area contributed by atoms with Crippen LogP contribution in [-0.2, 0) is 4.79 Å². The Kier molecular flexibility index (Phi) is 6.51. The van der Waals surface area contributed by atoms with Crippen LogP contribution in [0.1, 0.15) is 61.4 Å². The molecule has 2 amide bonds. The Hall–Kier alpha value is -2.53. The molecule has 1 N–H and O–H groups in total. The van der Waals surface area contributed by atoms with E-state index in [2.05, 4.69) is 10.2 Å². The molecule has 0 bridgehead atoms. The van der Waals surface area contributed by atoms with E-state index in [1.165, 1.54) is 12.8 Å². The molecule has 1 saturated heterocycles.